The predicted octanol–water partition coefficient (Wildman–Crippen LogP) is 2.35. The van der Waals surface area contributed by atoms with Crippen LogP contribution < -0.4 is 15.4 Å². The summed E-state index contributed by atoms with van der Waals surface area (Å²) in [6, 6.07) is 11.8. The molecule has 0 bridgehead atoms. The van der Waals surface area contributed by atoms with Crippen molar-refractivity contribution in [1.82, 2.24) is 0 Å². The molecule has 0 aliphatic carbocycles. The monoisotopic (exact) mass is 256 g/mol. The first-order chi connectivity index (χ1) is 9.06. The highest BCUT2D eigenvalue weighted by molar-refractivity contribution is 5.77. The molecule has 0 aromatic heterocycles. The normalized spacial score (nSPS) is 17.2. The molecule has 0 saturated carbocycles. The minimum atomic E-state index is -0.906. The Hall–Kier alpha value is -2.20. The number of aryl methyl sites for hydroxylation is 1. The number of aliphatic hydroxyl groups is 1. The Bertz CT molecular complexity index is 623. The van der Waals surface area contributed by atoms with Gasteiger partial charge < -0.3 is 20.5 Å². The molecule has 1 aliphatic rings. The molecule has 3 rings (SSSR count). The maximum atomic E-state index is 9.69. The van der Waals surface area contributed by atoms with Crippen LogP contribution in [-0.2, 0) is 0 Å². The molecular weight excluding hydrogens is 240 g/mol. The first-order valence-electron chi connectivity index (χ1n) is 6.14. The van der Waals surface area contributed by atoms with Crippen molar-refractivity contribution >= 4 is 11.4 Å². The average molecular weight is 256 g/mol. The Kier molecular flexibility index (Phi) is 2.61. The summed E-state index contributed by atoms with van der Waals surface area (Å²) in [5.41, 5.74) is 10.7. The second-order valence-electron chi connectivity index (χ2n) is 4.81. The maximum absolute atomic E-state index is 9.69. The molecule has 1 unspecified atom stereocenters. The number of hydrogen-bond acceptors (Lipinski definition) is 4. The van der Waals surface area contributed by atoms with Crippen molar-refractivity contribution < 1.29 is 9.84 Å². The van der Waals surface area contributed by atoms with E-state index in [4.69, 9.17) is 10.5 Å². The van der Waals surface area contributed by atoms with Crippen LogP contribution in [0.4, 0.5) is 11.4 Å². The summed E-state index contributed by atoms with van der Waals surface area (Å²) < 4.78 is 5.37. The van der Waals surface area contributed by atoms with Crippen LogP contribution >= 0.6 is 0 Å². The fourth-order valence-corrected chi connectivity index (χ4v) is 2.33. The molecule has 1 aliphatic heterocycles. The van der Waals surface area contributed by atoms with Crippen molar-refractivity contribution in [3.8, 4) is 16.9 Å². The standard InChI is InChI=1S/C15H16N2O2/c1-9-7-14-13(17(2)15(18)19-14)8-12(9)10-3-5-11(16)6-4-10/h3-8,15,18H,16H2,1-2H3. The fraction of sp³-hybridized carbons (Fsp3) is 0.200. The summed E-state index contributed by atoms with van der Waals surface area (Å²) in [5.74, 6) is 0.715. The van der Waals surface area contributed by atoms with Crippen LogP contribution in [0, 0.1) is 6.92 Å². The molecular formula is C15H16N2O2. The highest BCUT2D eigenvalue weighted by Gasteiger charge is 2.27. The van der Waals surface area contributed by atoms with E-state index in [-0.39, 0.29) is 0 Å². The number of hydrogen-bond donors (Lipinski definition) is 2. The summed E-state index contributed by atoms with van der Waals surface area (Å²) in [5, 5.41) is 9.69. The quantitative estimate of drug-likeness (QED) is 0.769. The van der Waals surface area contributed by atoms with Crippen molar-refractivity contribution in [2.45, 2.75) is 13.3 Å². The Balaban J connectivity index is 2.11. The predicted molar refractivity (Wildman–Crippen MR) is 76.1 cm³/mol. The first kappa shape index (κ1) is 11.9. The van der Waals surface area contributed by atoms with Crippen LogP contribution in [0.5, 0.6) is 5.75 Å². The van der Waals surface area contributed by atoms with E-state index in [9.17, 15) is 5.11 Å². The first-order valence-corrected chi connectivity index (χ1v) is 6.14. The van der Waals surface area contributed by atoms with Gasteiger partial charge in [0.15, 0.2) is 0 Å². The zero-order valence-corrected chi connectivity index (χ0v) is 10.9. The van der Waals surface area contributed by atoms with Gasteiger partial charge >= 0.3 is 0 Å². The number of nitrogens with two attached hydrogens (primary N) is 1. The molecule has 0 saturated heterocycles. The molecule has 2 aromatic rings. The third-order valence-electron chi connectivity index (χ3n) is 3.47. The lowest BCUT2D eigenvalue weighted by Crippen LogP contribution is -2.29. The van der Waals surface area contributed by atoms with Crippen LogP contribution in [0.3, 0.4) is 0 Å². The van der Waals surface area contributed by atoms with Gasteiger partial charge in [-0.15, -0.1) is 0 Å². The molecule has 19 heavy (non-hydrogen) atoms. The van der Waals surface area contributed by atoms with Crippen LogP contribution in [0.1, 0.15) is 5.56 Å². The van der Waals surface area contributed by atoms with Crippen molar-refractivity contribution in [2.75, 3.05) is 17.7 Å². The van der Waals surface area contributed by atoms with E-state index in [1.165, 1.54) is 0 Å². The van der Waals surface area contributed by atoms with Crippen LogP contribution in [0.25, 0.3) is 11.1 Å². The molecule has 3 N–H and O–H groups in total. The molecule has 1 atom stereocenters. The van der Waals surface area contributed by atoms with Gasteiger partial charge in [0.1, 0.15) is 5.75 Å². The Labute approximate surface area is 112 Å². The Morgan fingerprint density at radius 2 is 1.89 bits per heavy atom. The highest BCUT2D eigenvalue weighted by Crippen LogP contribution is 2.40. The van der Waals surface area contributed by atoms with Crippen LogP contribution in [0.15, 0.2) is 36.4 Å². The number of aliphatic hydroxyl groups excluding tert-OH is 1. The number of nitrogens with zero attached hydrogens (tertiary/aromatic N) is 1. The highest BCUT2D eigenvalue weighted by atomic mass is 16.6. The lowest BCUT2D eigenvalue weighted by Gasteiger charge is -2.14. The van der Waals surface area contributed by atoms with Gasteiger partial charge in [0.05, 0.1) is 5.69 Å². The van der Waals surface area contributed by atoms with E-state index in [0.717, 1.165) is 28.1 Å². The zero-order valence-electron chi connectivity index (χ0n) is 10.9. The second kappa shape index (κ2) is 4.17. The SMILES string of the molecule is Cc1cc2c(cc1-c1ccc(N)cc1)N(C)C(O)O2. The lowest BCUT2D eigenvalue weighted by molar-refractivity contribution is 0.000967. The minimum Gasteiger partial charge on any atom is -0.445 e. The number of anilines is 2. The van der Waals surface area contributed by atoms with Crippen molar-refractivity contribution in [1.29, 1.82) is 0 Å². The topological polar surface area (TPSA) is 58.7 Å². The summed E-state index contributed by atoms with van der Waals surface area (Å²) in [4.78, 5) is 1.70. The van der Waals surface area contributed by atoms with E-state index in [2.05, 4.69) is 0 Å². The van der Waals surface area contributed by atoms with Gasteiger partial charge in [-0.25, -0.2) is 0 Å². The van der Waals surface area contributed by atoms with E-state index in [1.807, 2.05) is 43.3 Å². The average Bonchev–Trinajstić information content (AvgIpc) is 2.65. The number of benzene rings is 2. The number of rotatable bonds is 1. The lowest BCUT2D eigenvalue weighted by atomic mass is 9.99. The molecule has 98 valence electrons. The van der Waals surface area contributed by atoms with Crippen molar-refractivity contribution in [3.63, 3.8) is 0 Å². The molecule has 0 radical (unpaired) electrons. The van der Waals surface area contributed by atoms with Gasteiger partial charge in [-0.1, -0.05) is 12.1 Å². The van der Waals surface area contributed by atoms with E-state index >= 15 is 0 Å². The van der Waals surface area contributed by atoms with Gasteiger partial charge in [0, 0.05) is 12.7 Å². The third kappa shape index (κ3) is 1.90. The van der Waals surface area contributed by atoms with Crippen molar-refractivity contribution in [3.05, 3.63) is 42.0 Å². The largest absolute Gasteiger partial charge is 0.445 e. The fourth-order valence-electron chi connectivity index (χ4n) is 2.33. The minimum absolute atomic E-state index is 0.715. The second-order valence-corrected chi connectivity index (χ2v) is 4.81. The Morgan fingerprint density at radius 3 is 2.58 bits per heavy atom. The van der Waals surface area contributed by atoms with Gasteiger partial charge in [0.25, 0.3) is 6.41 Å². The smallest absolute Gasteiger partial charge is 0.281 e. The Morgan fingerprint density at radius 1 is 1.21 bits per heavy atom. The van der Waals surface area contributed by atoms with Crippen LogP contribution in [0.2, 0.25) is 0 Å². The third-order valence-corrected chi connectivity index (χ3v) is 3.47. The zero-order chi connectivity index (χ0) is 13.6. The van der Waals surface area contributed by atoms with Crippen molar-refractivity contribution in [2.24, 2.45) is 0 Å². The maximum Gasteiger partial charge on any atom is 0.281 e. The number of fused-ring (bicyclic) bond motifs is 1. The van der Waals surface area contributed by atoms with Gasteiger partial charge in [-0.3, -0.25) is 0 Å². The summed E-state index contributed by atoms with van der Waals surface area (Å²) >= 11 is 0. The molecule has 2 aromatic carbocycles. The molecule has 0 amide bonds. The van der Waals surface area contributed by atoms with Gasteiger partial charge in [0.2, 0.25) is 0 Å². The number of nitrogen functional groups attached to an aromatic ring is 1. The summed E-state index contributed by atoms with van der Waals surface area (Å²) in [6.45, 7) is 2.03. The van der Waals surface area contributed by atoms with E-state index < -0.39 is 6.41 Å². The van der Waals surface area contributed by atoms with E-state index in [0.29, 0.717) is 5.75 Å². The molecule has 1 heterocycles. The number of ether oxygens (including phenoxy) is 1. The summed E-state index contributed by atoms with van der Waals surface area (Å²) in [6.07, 6.45) is -0.906. The molecule has 4 nitrogen and oxygen atoms in total. The summed E-state index contributed by atoms with van der Waals surface area (Å²) in [7, 11) is 1.80. The molecule has 0 fully saturated rings. The van der Waals surface area contributed by atoms with E-state index in [1.54, 1.807) is 11.9 Å². The van der Waals surface area contributed by atoms with Gasteiger partial charge in [-0.05, 0) is 47.9 Å². The molecule has 4 heteroatoms. The molecule has 0 spiro atoms. The van der Waals surface area contributed by atoms with Gasteiger partial charge in [-0.2, -0.15) is 0 Å². The van der Waals surface area contributed by atoms with Crippen LogP contribution in [-0.4, -0.2) is 18.6 Å².